The zero-order valence-electron chi connectivity index (χ0n) is 17.9. The van der Waals surface area contributed by atoms with Gasteiger partial charge in [-0.2, -0.15) is 0 Å². The molecule has 0 radical (unpaired) electrons. The number of anilines is 1. The molecular formula is C25H22FN3O4. The fourth-order valence-electron chi connectivity index (χ4n) is 5.25. The summed E-state index contributed by atoms with van der Waals surface area (Å²) < 4.78 is 20.0. The molecule has 1 saturated heterocycles. The largest absolute Gasteiger partial charge is 0.488 e. The molecule has 5 rings (SSSR count). The Hall–Kier alpha value is -3.78. The second-order valence-corrected chi connectivity index (χ2v) is 8.40. The summed E-state index contributed by atoms with van der Waals surface area (Å²) in [5.41, 5.74) is 0.778. The van der Waals surface area contributed by atoms with E-state index in [4.69, 9.17) is 4.74 Å². The van der Waals surface area contributed by atoms with Crippen LogP contribution in [0.15, 0.2) is 72.8 Å². The van der Waals surface area contributed by atoms with Gasteiger partial charge in [0.25, 0.3) is 11.9 Å². The number of carbonyl (C=O) groups excluding carboxylic acids is 1. The molecule has 2 aliphatic rings. The first-order valence-electron chi connectivity index (χ1n) is 10.7. The van der Waals surface area contributed by atoms with Crippen molar-refractivity contribution in [3.05, 3.63) is 105 Å². The lowest BCUT2D eigenvalue weighted by molar-refractivity contribution is -0.534. The van der Waals surface area contributed by atoms with Crippen molar-refractivity contribution in [2.45, 2.75) is 24.1 Å². The highest BCUT2D eigenvalue weighted by molar-refractivity contribution is 6.06. The number of likely N-dealkylation sites (tertiary alicyclic amines) is 1. The molecule has 2 aliphatic heterocycles. The van der Waals surface area contributed by atoms with Gasteiger partial charge in [0.2, 0.25) is 0 Å². The number of rotatable bonds is 5. The molecule has 3 atom stereocenters. The quantitative estimate of drug-likeness (QED) is 0.473. The molecule has 2 heterocycles. The number of hydrogen-bond acceptors (Lipinski definition) is 5. The van der Waals surface area contributed by atoms with Crippen LogP contribution in [-0.2, 0) is 16.9 Å². The number of carbonyl (C=O) groups is 1. The Morgan fingerprint density at radius 3 is 2.61 bits per heavy atom. The lowest BCUT2D eigenvalue weighted by Gasteiger charge is -2.30. The smallest absolute Gasteiger partial charge is 0.256 e. The molecule has 0 bridgehead atoms. The Morgan fingerprint density at radius 1 is 1.12 bits per heavy atom. The van der Waals surface area contributed by atoms with Crippen LogP contribution in [0.25, 0.3) is 0 Å². The van der Waals surface area contributed by atoms with Gasteiger partial charge in [-0.25, -0.2) is 4.39 Å². The number of para-hydroxylation sites is 2. The molecule has 7 nitrogen and oxygen atoms in total. The van der Waals surface area contributed by atoms with Crippen molar-refractivity contribution in [3.63, 3.8) is 0 Å². The molecular weight excluding hydrogens is 425 g/mol. The van der Waals surface area contributed by atoms with Crippen molar-refractivity contribution in [1.29, 1.82) is 0 Å². The third-order valence-corrected chi connectivity index (χ3v) is 6.70. The summed E-state index contributed by atoms with van der Waals surface area (Å²) in [6, 6.07) is 19.2. The Labute approximate surface area is 189 Å². The van der Waals surface area contributed by atoms with E-state index in [0.29, 0.717) is 28.1 Å². The van der Waals surface area contributed by atoms with Crippen LogP contribution in [-0.4, -0.2) is 35.4 Å². The number of fused-ring (bicyclic) bond motifs is 2. The molecule has 8 heteroatoms. The van der Waals surface area contributed by atoms with Crippen LogP contribution < -0.4 is 10.1 Å². The van der Waals surface area contributed by atoms with E-state index in [2.05, 4.69) is 5.32 Å². The predicted octanol–water partition coefficient (Wildman–Crippen LogP) is 3.93. The first-order valence-corrected chi connectivity index (χ1v) is 10.7. The van der Waals surface area contributed by atoms with Crippen molar-refractivity contribution >= 4 is 11.6 Å². The highest BCUT2D eigenvalue weighted by Gasteiger charge is 2.68. The SMILES string of the molecule is CN1C[C@H](c2ccccc2OCc2ccccc2F)[C@@H]([N+](=O)[O-])[C@@]12C(=O)Nc1ccccc12. The number of hydrogen-bond donors (Lipinski definition) is 1. The van der Waals surface area contributed by atoms with Gasteiger partial charge in [0.1, 0.15) is 18.2 Å². The Balaban J connectivity index is 1.55. The number of nitro groups is 1. The summed E-state index contributed by atoms with van der Waals surface area (Å²) >= 11 is 0. The standard InChI is InChI=1S/C25H22FN3O4/c1-28-14-18(17-9-3-7-13-22(17)33-15-16-8-2-5-11-20(16)26)23(29(31)32)25(28)19-10-4-6-12-21(19)27-24(25)30/h2-13,18,23H,14-15H2,1H3,(H,27,30)/t18-,23-,25+/m1/s1. The van der Waals surface area contributed by atoms with Crippen LogP contribution in [0.1, 0.15) is 22.6 Å². The third-order valence-electron chi connectivity index (χ3n) is 6.70. The second-order valence-electron chi connectivity index (χ2n) is 8.40. The average molecular weight is 447 g/mol. The van der Waals surface area contributed by atoms with Crippen LogP contribution >= 0.6 is 0 Å². The van der Waals surface area contributed by atoms with Crippen LogP contribution in [0.2, 0.25) is 0 Å². The highest BCUT2D eigenvalue weighted by atomic mass is 19.1. The van der Waals surface area contributed by atoms with Gasteiger partial charge in [-0.05, 0) is 25.2 Å². The topological polar surface area (TPSA) is 84.7 Å². The van der Waals surface area contributed by atoms with E-state index < -0.39 is 23.4 Å². The third kappa shape index (κ3) is 3.17. The summed E-state index contributed by atoms with van der Waals surface area (Å²) in [7, 11) is 1.74. The van der Waals surface area contributed by atoms with Crippen molar-refractivity contribution in [2.24, 2.45) is 0 Å². The van der Waals surface area contributed by atoms with E-state index in [0.717, 1.165) is 0 Å². The van der Waals surface area contributed by atoms with Gasteiger partial charge in [0, 0.05) is 33.8 Å². The van der Waals surface area contributed by atoms with Gasteiger partial charge in [-0.1, -0.05) is 54.6 Å². The number of amides is 1. The summed E-state index contributed by atoms with van der Waals surface area (Å²) in [4.78, 5) is 27.2. The summed E-state index contributed by atoms with van der Waals surface area (Å²) in [5.74, 6) is -0.953. The number of benzene rings is 3. The Morgan fingerprint density at radius 2 is 1.82 bits per heavy atom. The van der Waals surface area contributed by atoms with Crippen LogP contribution in [0, 0.1) is 15.9 Å². The van der Waals surface area contributed by atoms with Gasteiger partial charge in [-0.15, -0.1) is 0 Å². The molecule has 1 amide bonds. The van der Waals surface area contributed by atoms with E-state index in [1.807, 2.05) is 0 Å². The van der Waals surface area contributed by atoms with Crippen molar-refractivity contribution in [2.75, 3.05) is 18.9 Å². The predicted molar refractivity (Wildman–Crippen MR) is 120 cm³/mol. The molecule has 0 saturated carbocycles. The molecule has 33 heavy (non-hydrogen) atoms. The Kier molecular flexibility index (Phi) is 5.09. The first-order chi connectivity index (χ1) is 15.9. The maximum absolute atomic E-state index is 14.1. The minimum atomic E-state index is -1.43. The van der Waals surface area contributed by atoms with Crippen molar-refractivity contribution in [3.8, 4) is 5.75 Å². The van der Waals surface area contributed by atoms with Gasteiger partial charge in [0.05, 0.1) is 5.92 Å². The minimum absolute atomic E-state index is 0.0101. The minimum Gasteiger partial charge on any atom is -0.488 e. The number of ether oxygens (including phenoxy) is 1. The maximum atomic E-state index is 14.1. The van der Waals surface area contributed by atoms with E-state index in [-0.39, 0.29) is 23.9 Å². The van der Waals surface area contributed by atoms with E-state index >= 15 is 0 Å². The lowest BCUT2D eigenvalue weighted by Crippen LogP contribution is -2.54. The van der Waals surface area contributed by atoms with Crippen LogP contribution in [0.3, 0.4) is 0 Å². The molecule has 0 aliphatic carbocycles. The van der Waals surface area contributed by atoms with Gasteiger partial charge < -0.3 is 10.1 Å². The molecule has 1 spiro atoms. The van der Waals surface area contributed by atoms with Crippen LogP contribution in [0.5, 0.6) is 5.75 Å². The van der Waals surface area contributed by atoms with Crippen molar-refractivity contribution < 1.29 is 18.8 Å². The summed E-state index contributed by atoms with van der Waals surface area (Å²) in [6.07, 6.45) is 0. The molecule has 1 fully saturated rings. The second kappa shape index (κ2) is 7.97. The van der Waals surface area contributed by atoms with Gasteiger partial charge >= 0.3 is 0 Å². The molecule has 0 unspecified atom stereocenters. The average Bonchev–Trinajstić information content (AvgIpc) is 3.28. The monoisotopic (exact) mass is 447 g/mol. The highest BCUT2D eigenvalue weighted by Crippen LogP contribution is 2.52. The summed E-state index contributed by atoms with van der Waals surface area (Å²) in [6.45, 7) is 0.275. The van der Waals surface area contributed by atoms with Crippen molar-refractivity contribution in [1.82, 2.24) is 4.90 Å². The number of nitrogens with zero attached hydrogens (tertiary/aromatic N) is 2. The first kappa shape index (κ1) is 21.1. The van der Waals surface area contributed by atoms with E-state index in [9.17, 15) is 19.3 Å². The molecule has 3 aromatic carbocycles. The molecule has 3 aromatic rings. The Bertz CT molecular complexity index is 1250. The summed E-state index contributed by atoms with van der Waals surface area (Å²) in [5, 5.41) is 15.3. The van der Waals surface area contributed by atoms with Gasteiger partial charge in [-0.3, -0.25) is 19.8 Å². The maximum Gasteiger partial charge on any atom is 0.256 e. The van der Waals surface area contributed by atoms with E-state index in [1.165, 1.54) is 6.07 Å². The van der Waals surface area contributed by atoms with E-state index in [1.54, 1.807) is 78.7 Å². The zero-order chi connectivity index (χ0) is 23.2. The lowest BCUT2D eigenvalue weighted by atomic mass is 9.79. The number of likely N-dealkylation sites (N-methyl/N-ethyl adjacent to an activating group) is 1. The van der Waals surface area contributed by atoms with Gasteiger partial charge in [0.15, 0.2) is 5.54 Å². The zero-order valence-corrected chi connectivity index (χ0v) is 17.9. The fourth-order valence-corrected chi connectivity index (χ4v) is 5.25. The molecule has 0 aromatic heterocycles. The normalized spacial score (nSPS) is 24.0. The molecule has 1 N–H and O–H groups in total. The number of nitrogens with one attached hydrogen (secondary N) is 1. The fraction of sp³-hybridized carbons (Fsp3) is 0.240. The van der Waals surface area contributed by atoms with Crippen LogP contribution in [0.4, 0.5) is 10.1 Å². The number of halogens is 1. The molecule has 168 valence electrons.